The van der Waals surface area contributed by atoms with Gasteiger partial charge in [-0.3, -0.25) is 71.9 Å². The van der Waals surface area contributed by atoms with Gasteiger partial charge in [0, 0.05) is 19.3 Å². The summed E-state index contributed by atoms with van der Waals surface area (Å²) in [6.45, 7) is 3.02. The van der Waals surface area contributed by atoms with E-state index in [1.54, 1.807) is 0 Å². The van der Waals surface area contributed by atoms with Crippen molar-refractivity contribution in [2.45, 2.75) is 133 Å². The van der Waals surface area contributed by atoms with E-state index in [0.29, 0.717) is 0 Å². The third-order valence-electron chi connectivity index (χ3n) is 8.83. The monoisotopic (exact) mass is 963 g/mol. The predicted molar refractivity (Wildman–Crippen MR) is 215 cm³/mol. The Morgan fingerprint density at radius 3 is 0.851 bits per heavy atom. The van der Waals surface area contributed by atoms with E-state index in [9.17, 15) is 87.2 Å². The second-order valence-corrected chi connectivity index (χ2v) is 14.5. The lowest BCUT2D eigenvalue weighted by atomic mass is 10.1. The first-order chi connectivity index (χ1) is 30.9. The molecule has 0 radical (unpaired) electrons. The molecular weight excluding hydrogens is 910 g/mol. The Bertz CT molecular complexity index is 1930. The lowest BCUT2D eigenvalue weighted by Gasteiger charge is -2.26. The first-order valence-electron chi connectivity index (χ1n) is 19.7. The molecule has 9 atom stereocenters. The summed E-state index contributed by atoms with van der Waals surface area (Å²) in [5.74, 6) is -21.1. The summed E-state index contributed by atoms with van der Waals surface area (Å²) in [5, 5.41) is 80.5. The number of carboxylic acid groups (broad SMARTS) is 7. The van der Waals surface area contributed by atoms with Crippen LogP contribution in [0.3, 0.4) is 0 Å². The molecule has 0 aromatic heterocycles. The number of aliphatic carboxylic acids is 7. The quantitative estimate of drug-likeness (QED) is 0.0298. The maximum atomic E-state index is 13.4. The van der Waals surface area contributed by atoms with E-state index >= 15 is 0 Å². The molecule has 67 heavy (non-hydrogen) atoms. The summed E-state index contributed by atoms with van der Waals surface area (Å²) >= 11 is 0. The second kappa shape index (κ2) is 28.7. The third-order valence-corrected chi connectivity index (χ3v) is 8.83. The van der Waals surface area contributed by atoms with Gasteiger partial charge in [0.15, 0.2) is 0 Å². The van der Waals surface area contributed by atoms with Crippen molar-refractivity contribution in [1.82, 2.24) is 42.5 Å². The van der Waals surface area contributed by atoms with Gasteiger partial charge in [-0.1, -0.05) is 0 Å². The van der Waals surface area contributed by atoms with Crippen LogP contribution in [-0.4, -0.2) is 179 Å². The van der Waals surface area contributed by atoms with Crippen molar-refractivity contribution in [3.05, 3.63) is 0 Å². The minimum Gasteiger partial charge on any atom is -0.481 e. The van der Waals surface area contributed by atoms with E-state index in [-0.39, 0.29) is 0 Å². The molecule has 17 N–H and O–H groups in total. The summed E-state index contributed by atoms with van der Waals surface area (Å²) in [4.78, 5) is 183. The number of rotatable bonds is 32. The highest BCUT2D eigenvalue weighted by Gasteiger charge is 2.35. The van der Waals surface area contributed by atoms with Crippen molar-refractivity contribution in [3.8, 4) is 0 Å². The average Bonchev–Trinajstić information content (AvgIpc) is 3.20. The number of nitrogens with one attached hydrogen (secondary N) is 8. The Morgan fingerprint density at radius 2 is 0.582 bits per heavy atom. The van der Waals surface area contributed by atoms with Crippen LogP contribution in [0.4, 0.5) is 0 Å². The predicted octanol–water partition coefficient (Wildman–Crippen LogP) is -6.65. The Hall–Kier alpha value is -7.99. The molecule has 0 aliphatic rings. The van der Waals surface area contributed by atoms with Gasteiger partial charge in [-0.15, -0.1) is 0 Å². The van der Waals surface area contributed by atoms with Crippen LogP contribution in [0.5, 0.6) is 0 Å². The molecule has 0 saturated heterocycles. The van der Waals surface area contributed by atoms with Gasteiger partial charge in [0.05, 0.1) is 25.3 Å². The fourth-order valence-corrected chi connectivity index (χ4v) is 5.21. The molecule has 0 aliphatic heterocycles. The lowest BCUT2D eigenvalue weighted by molar-refractivity contribution is -0.143. The maximum absolute atomic E-state index is 13.4. The number of carboxylic acids is 7. The van der Waals surface area contributed by atoms with Crippen molar-refractivity contribution < 1.29 is 108 Å². The van der Waals surface area contributed by atoms with E-state index < -0.39 is 201 Å². The van der Waals surface area contributed by atoms with E-state index in [4.69, 9.17) is 26.2 Å². The first kappa shape index (κ1) is 59.0. The molecule has 31 heteroatoms. The molecule has 8 amide bonds. The molecule has 0 bridgehead atoms. The highest BCUT2D eigenvalue weighted by molar-refractivity contribution is 5.99. The molecule has 0 saturated carbocycles. The lowest BCUT2D eigenvalue weighted by Crippen LogP contribution is -2.60. The summed E-state index contributed by atoms with van der Waals surface area (Å²) in [7, 11) is 0. The Balaban J connectivity index is 6.22. The molecule has 0 fully saturated rings. The van der Waals surface area contributed by atoms with Gasteiger partial charge >= 0.3 is 41.8 Å². The van der Waals surface area contributed by atoms with Gasteiger partial charge in [0.1, 0.15) is 48.3 Å². The third kappa shape index (κ3) is 24.0. The van der Waals surface area contributed by atoms with Crippen LogP contribution in [0.2, 0.25) is 0 Å². The zero-order valence-corrected chi connectivity index (χ0v) is 35.9. The van der Waals surface area contributed by atoms with Crippen LogP contribution in [0, 0.1) is 0 Å². The first-order valence-corrected chi connectivity index (χ1v) is 19.7. The largest absolute Gasteiger partial charge is 0.481 e. The molecule has 0 spiro atoms. The van der Waals surface area contributed by atoms with Gasteiger partial charge in [-0.2, -0.15) is 0 Å². The number of carbonyl (C=O) groups is 15. The van der Waals surface area contributed by atoms with E-state index in [0.717, 1.165) is 20.8 Å². The Morgan fingerprint density at radius 1 is 0.328 bits per heavy atom. The van der Waals surface area contributed by atoms with Crippen LogP contribution in [-0.2, 0) is 71.9 Å². The summed E-state index contributed by atoms with van der Waals surface area (Å²) in [6, 6.07) is -16.1. The molecular formula is C36H53N9O22. The van der Waals surface area contributed by atoms with Crippen molar-refractivity contribution in [3.63, 3.8) is 0 Å². The Kier molecular flexibility index (Phi) is 25.3. The number of hydrogen-bond donors (Lipinski definition) is 16. The number of carbonyl (C=O) groups excluding carboxylic acids is 8. The molecule has 374 valence electrons. The fourth-order valence-electron chi connectivity index (χ4n) is 5.21. The van der Waals surface area contributed by atoms with Crippen molar-refractivity contribution in [1.29, 1.82) is 0 Å². The zero-order valence-electron chi connectivity index (χ0n) is 35.9. The minimum absolute atomic E-state index is 0.586. The standard InChI is InChI=1S/C36H53N9O22/c1-13(38-31(61)17(4-7-22(46)47)41-30(60)16(37)10-25(52)53)28(58)44-20(11-26(54)55)34(64)42-18(5-8-23(48)49)32(62)39-14(2)29(59)45-21(12-27(56)57)35(65)43-19(6-9-24(50)51)33(63)40-15(3)36(66)67/h13-21H,4-12,37H2,1-3H3,(H,38,61)(H,39,62)(H,40,63)(H,41,60)(H,42,64)(H,43,65)(H,44,58)(H,45,59)(H,46,47)(H,48,49)(H,50,51)(H,52,53)(H,54,55)(H,56,57)(H,66,67). The van der Waals surface area contributed by atoms with Crippen LogP contribution < -0.4 is 48.3 Å². The SMILES string of the molecule is CC(NC(=O)C(CCC(=O)O)NC(=O)C(CC(=O)O)NC(=O)C(C)NC(=O)C(CCC(=O)O)NC(=O)C(CC(=O)O)NC(=O)C(C)NC(=O)C(CCC(=O)O)NC(=O)C(N)CC(=O)O)C(=O)O. The van der Waals surface area contributed by atoms with Gasteiger partial charge in [-0.25, -0.2) is 0 Å². The van der Waals surface area contributed by atoms with Crippen LogP contribution >= 0.6 is 0 Å². The molecule has 9 unspecified atom stereocenters. The molecule has 0 rings (SSSR count). The molecule has 31 nitrogen and oxygen atoms in total. The average molecular weight is 964 g/mol. The van der Waals surface area contributed by atoms with E-state index in [1.165, 1.54) is 0 Å². The number of amides is 8. The molecule has 0 aliphatic carbocycles. The molecule has 0 aromatic carbocycles. The van der Waals surface area contributed by atoms with Crippen molar-refractivity contribution in [2.24, 2.45) is 5.73 Å². The minimum atomic E-state index is -2.08. The highest BCUT2D eigenvalue weighted by Crippen LogP contribution is 2.07. The smallest absolute Gasteiger partial charge is 0.325 e. The van der Waals surface area contributed by atoms with E-state index in [2.05, 4.69) is 16.0 Å². The number of hydrogen-bond acceptors (Lipinski definition) is 16. The van der Waals surface area contributed by atoms with Crippen molar-refractivity contribution in [2.75, 3.05) is 0 Å². The van der Waals surface area contributed by atoms with Crippen molar-refractivity contribution >= 4 is 89.0 Å². The molecule has 0 aromatic rings. The molecule has 0 heterocycles. The van der Waals surface area contributed by atoms with Gasteiger partial charge in [0.25, 0.3) is 0 Å². The summed E-state index contributed by atoms with van der Waals surface area (Å²) < 4.78 is 0. The normalized spacial score (nSPS) is 14.7. The Labute approximate surface area is 377 Å². The second-order valence-electron chi connectivity index (χ2n) is 14.5. The van der Waals surface area contributed by atoms with Gasteiger partial charge in [-0.05, 0) is 40.0 Å². The topological polar surface area (TPSA) is 520 Å². The number of nitrogens with two attached hydrogens (primary N) is 1. The van der Waals surface area contributed by atoms with E-state index in [1.807, 2.05) is 26.6 Å². The summed E-state index contributed by atoms with van der Waals surface area (Å²) in [6.07, 6.45) is -7.50. The van der Waals surface area contributed by atoms with Crippen LogP contribution in [0.1, 0.15) is 78.6 Å². The zero-order chi connectivity index (χ0) is 51.9. The maximum Gasteiger partial charge on any atom is 0.325 e. The summed E-state index contributed by atoms with van der Waals surface area (Å²) in [5.41, 5.74) is 5.48. The van der Waals surface area contributed by atoms with Gasteiger partial charge < -0.3 is 84.0 Å². The van der Waals surface area contributed by atoms with Crippen LogP contribution in [0.25, 0.3) is 0 Å². The highest BCUT2D eigenvalue weighted by atomic mass is 16.4. The van der Waals surface area contributed by atoms with Gasteiger partial charge in [0.2, 0.25) is 47.3 Å². The fraction of sp³-hybridized carbons (Fsp3) is 0.583. The van der Waals surface area contributed by atoms with Crippen LogP contribution in [0.15, 0.2) is 0 Å².